The van der Waals surface area contributed by atoms with Crippen LogP contribution in [0.3, 0.4) is 0 Å². The van der Waals surface area contributed by atoms with E-state index in [0.717, 1.165) is 25.0 Å². The quantitative estimate of drug-likeness (QED) is 0.639. The summed E-state index contributed by atoms with van der Waals surface area (Å²) in [4.78, 5) is 14.3. The van der Waals surface area contributed by atoms with Gasteiger partial charge in [-0.1, -0.05) is 12.8 Å². The smallest absolute Gasteiger partial charge is 0.416 e. The fourth-order valence-corrected chi connectivity index (χ4v) is 3.07. The third kappa shape index (κ3) is 2.60. The molecule has 0 saturated heterocycles. The van der Waals surface area contributed by atoms with E-state index in [-0.39, 0.29) is 15.8 Å². The van der Waals surface area contributed by atoms with Crippen molar-refractivity contribution in [3.63, 3.8) is 0 Å². The molecule has 1 aromatic rings. The summed E-state index contributed by atoms with van der Waals surface area (Å²) in [5, 5.41) is 10.0. The summed E-state index contributed by atoms with van der Waals surface area (Å²) in [7, 11) is 0. The van der Waals surface area contributed by atoms with E-state index >= 15 is 0 Å². The van der Waals surface area contributed by atoms with Crippen LogP contribution in [0.15, 0.2) is 21.6 Å². The molecule has 108 valence electrons. The van der Waals surface area contributed by atoms with Gasteiger partial charge in [0.1, 0.15) is 11.3 Å². The molecule has 0 aliphatic heterocycles. The van der Waals surface area contributed by atoms with E-state index in [2.05, 4.69) is 20.9 Å². The number of benzene rings is 1. The van der Waals surface area contributed by atoms with Crippen molar-refractivity contribution < 1.29 is 23.1 Å². The monoisotopic (exact) mass is 349 g/mol. The number of phenolic OH excluding ortho intramolecular Hbond substituents is 1. The summed E-state index contributed by atoms with van der Waals surface area (Å²) in [5.41, 5.74) is -1.96. The summed E-state index contributed by atoms with van der Waals surface area (Å²) in [6.07, 6.45) is -0.801. The molecule has 3 nitrogen and oxygen atoms in total. The Kier molecular flexibility index (Phi) is 3.93. The zero-order valence-corrected chi connectivity index (χ0v) is 11.9. The number of carbonyl (C=O) groups excluding carboxylic acids is 1. The normalized spacial score (nSPS) is 17.8. The molecule has 7 heteroatoms. The summed E-state index contributed by atoms with van der Waals surface area (Å²) in [6, 6.07) is 1.68. The molecule has 1 aliphatic carbocycles. The minimum absolute atomic E-state index is 0.0278. The summed E-state index contributed by atoms with van der Waals surface area (Å²) in [6.45, 7) is 0. The molecule has 20 heavy (non-hydrogen) atoms. The van der Waals surface area contributed by atoms with Crippen LogP contribution >= 0.6 is 15.9 Å². The Labute approximate surface area is 121 Å². The minimum Gasteiger partial charge on any atom is -0.506 e. The van der Waals surface area contributed by atoms with Crippen molar-refractivity contribution in [1.29, 1.82) is 0 Å². The third-order valence-electron chi connectivity index (χ3n) is 3.58. The number of aliphatic imine (C=N–C) groups is 1. The number of alkyl halides is 3. The van der Waals surface area contributed by atoms with Crippen LogP contribution in [0.2, 0.25) is 0 Å². The largest absolute Gasteiger partial charge is 0.506 e. The van der Waals surface area contributed by atoms with E-state index in [1.165, 1.54) is 6.08 Å². The fraction of sp³-hybridized carbons (Fsp3) is 0.462. The topological polar surface area (TPSA) is 49.7 Å². The van der Waals surface area contributed by atoms with Gasteiger partial charge in [-0.3, -0.25) is 0 Å². The molecule has 0 heterocycles. The molecule has 1 N–H and O–H groups in total. The second-order valence-electron chi connectivity index (χ2n) is 4.79. The molecule has 0 spiro atoms. The summed E-state index contributed by atoms with van der Waals surface area (Å²) < 4.78 is 38.5. The van der Waals surface area contributed by atoms with E-state index in [4.69, 9.17) is 0 Å². The van der Waals surface area contributed by atoms with Crippen molar-refractivity contribution in [2.45, 2.75) is 37.4 Å². The van der Waals surface area contributed by atoms with E-state index in [1.807, 2.05) is 0 Å². The van der Waals surface area contributed by atoms with Gasteiger partial charge in [0.2, 0.25) is 6.08 Å². The molecule has 0 bridgehead atoms. The number of hydrogen-bond acceptors (Lipinski definition) is 3. The molecule has 0 aromatic heterocycles. The molecule has 1 saturated carbocycles. The number of hydrogen-bond donors (Lipinski definition) is 1. The van der Waals surface area contributed by atoms with Crippen molar-refractivity contribution in [2.75, 3.05) is 0 Å². The first-order chi connectivity index (χ1) is 9.30. The van der Waals surface area contributed by atoms with Crippen molar-refractivity contribution in [2.24, 2.45) is 4.99 Å². The van der Waals surface area contributed by atoms with Crippen molar-refractivity contribution in [3.05, 3.63) is 27.7 Å². The molecule has 1 aromatic carbocycles. The average molecular weight is 350 g/mol. The van der Waals surface area contributed by atoms with Gasteiger partial charge >= 0.3 is 6.18 Å². The highest BCUT2D eigenvalue weighted by atomic mass is 79.9. The van der Waals surface area contributed by atoms with Crippen LogP contribution in [-0.2, 0) is 16.5 Å². The van der Waals surface area contributed by atoms with Crippen LogP contribution < -0.4 is 0 Å². The molecular formula is C13H11BrF3NO2. The zero-order valence-electron chi connectivity index (χ0n) is 10.3. The van der Waals surface area contributed by atoms with Crippen molar-refractivity contribution in [1.82, 2.24) is 0 Å². The molecule has 0 radical (unpaired) electrons. The highest BCUT2D eigenvalue weighted by molar-refractivity contribution is 9.10. The molecule has 1 fully saturated rings. The number of isocyanates is 1. The predicted octanol–water partition coefficient (Wildman–Crippen LogP) is 4.28. The summed E-state index contributed by atoms with van der Waals surface area (Å²) >= 11 is 2.92. The molecule has 0 unspecified atom stereocenters. The molecule has 0 atom stereocenters. The number of nitrogens with zero attached hydrogens (tertiary/aromatic N) is 1. The number of rotatable bonds is 2. The Morgan fingerprint density at radius 3 is 2.40 bits per heavy atom. The van der Waals surface area contributed by atoms with E-state index in [0.29, 0.717) is 12.8 Å². The molecular weight excluding hydrogens is 339 g/mol. The molecule has 2 rings (SSSR count). The van der Waals surface area contributed by atoms with Crippen LogP contribution in [-0.4, -0.2) is 11.2 Å². The van der Waals surface area contributed by atoms with Crippen LogP contribution in [0, 0.1) is 0 Å². The SMILES string of the molecule is O=C=NC1(c2cc(C(F)(F)F)cc(Br)c2O)CCCC1. The number of aromatic hydroxyl groups is 1. The fourth-order valence-electron chi connectivity index (χ4n) is 2.61. The van der Waals surface area contributed by atoms with Gasteiger partial charge in [-0.25, -0.2) is 4.79 Å². The average Bonchev–Trinajstić information content (AvgIpc) is 2.81. The second kappa shape index (κ2) is 5.22. The van der Waals surface area contributed by atoms with Crippen LogP contribution in [0.25, 0.3) is 0 Å². The lowest BCUT2D eigenvalue weighted by molar-refractivity contribution is -0.137. The Morgan fingerprint density at radius 2 is 1.90 bits per heavy atom. The highest BCUT2D eigenvalue weighted by Crippen LogP contribution is 2.49. The van der Waals surface area contributed by atoms with Crippen LogP contribution in [0.5, 0.6) is 5.75 Å². The van der Waals surface area contributed by atoms with Gasteiger partial charge in [-0.2, -0.15) is 18.2 Å². The lowest BCUT2D eigenvalue weighted by Gasteiger charge is -2.25. The van der Waals surface area contributed by atoms with Gasteiger partial charge in [0.15, 0.2) is 0 Å². The van der Waals surface area contributed by atoms with Crippen molar-refractivity contribution >= 4 is 22.0 Å². The van der Waals surface area contributed by atoms with Gasteiger partial charge < -0.3 is 5.11 Å². The molecule has 0 amide bonds. The maximum atomic E-state index is 12.9. The van der Waals surface area contributed by atoms with Crippen LogP contribution in [0.1, 0.15) is 36.8 Å². The van der Waals surface area contributed by atoms with E-state index in [9.17, 15) is 23.1 Å². The van der Waals surface area contributed by atoms with Gasteiger partial charge in [-0.15, -0.1) is 0 Å². The van der Waals surface area contributed by atoms with Gasteiger partial charge in [0.05, 0.1) is 10.0 Å². The number of phenols is 1. The Bertz CT molecular complexity index is 574. The van der Waals surface area contributed by atoms with Crippen LogP contribution in [0.4, 0.5) is 13.2 Å². The minimum atomic E-state index is -4.53. The van der Waals surface area contributed by atoms with Gasteiger partial charge in [-0.05, 0) is 40.9 Å². The Hall–Kier alpha value is -1.33. The first kappa shape index (κ1) is 15.1. The Balaban J connectivity index is 2.66. The standard InChI is InChI=1S/C13H11BrF3NO2/c14-10-6-8(13(15,16)17)5-9(11(10)20)12(18-7-19)3-1-2-4-12/h5-6,20H,1-4H2. The maximum Gasteiger partial charge on any atom is 0.416 e. The first-order valence-corrected chi connectivity index (χ1v) is 6.79. The van der Waals surface area contributed by atoms with Crippen molar-refractivity contribution in [3.8, 4) is 5.75 Å². The lowest BCUT2D eigenvalue weighted by atomic mass is 9.87. The molecule has 1 aliphatic rings. The zero-order chi connectivity index (χ0) is 15.0. The number of halogens is 4. The Morgan fingerprint density at radius 1 is 1.30 bits per heavy atom. The second-order valence-corrected chi connectivity index (χ2v) is 5.65. The maximum absolute atomic E-state index is 12.9. The third-order valence-corrected chi connectivity index (χ3v) is 4.19. The van der Waals surface area contributed by atoms with E-state index < -0.39 is 17.3 Å². The predicted molar refractivity (Wildman–Crippen MR) is 69.1 cm³/mol. The van der Waals surface area contributed by atoms with Gasteiger partial charge in [0, 0.05) is 5.56 Å². The first-order valence-electron chi connectivity index (χ1n) is 5.99. The highest BCUT2D eigenvalue weighted by Gasteiger charge is 2.41. The van der Waals surface area contributed by atoms with Gasteiger partial charge in [0.25, 0.3) is 0 Å². The van der Waals surface area contributed by atoms with E-state index in [1.54, 1.807) is 0 Å². The summed E-state index contributed by atoms with van der Waals surface area (Å²) in [5.74, 6) is -0.307. The lowest BCUT2D eigenvalue weighted by Crippen LogP contribution is -2.20.